The summed E-state index contributed by atoms with van der Waals surface area (Å²) in [5, 5.41) is 0. The molecule has 0 aliphatic carbocycles. The van der Waals surface area contributed by atoms with E-state index in [9.17, 15) is 8.22 Å². The molecule has 12 aromatic carbocycles. The molecule has 2 heterocycles. The first-order valence-corrected chi connectivity index (χ1v) is 31.5. The molecule has 0 aromatic heterocycles. The Morgan fingerprint density at radius 3 is 1.07 bits per heavy atom. The minimum atomic E-state index is -0.451. The standard InChI is InChI=1S/C86H77BN2/c1-56(2)63-42-45-70(75(50-63)57(3)4)67-53-80-82-81(54-67)89(84-73(61-34-22-14-23-35-61)40-27-41-74(84)62-36-24-15-25-37-62)79-52-65(66-48-68(85(5,6)7)55-69(49-66)86(8,9)10)44-47-77(79)87(82)76-46-43-64(58-28-16-11-17-29-58)51-78(76)88(80)83-71(59-30-18-12-19-31-59)38-26-39-72(83)60-32-20-13-21-33-60/h11-57H,1-10H3/i26D,27D,38D,39D,40D,41D. The summed E-state index contributed by atoms with van der Waals surface area (Å²) in [4.78, 5) is 4.68. The minimum absolute atomic E-state index is 0.0540. The average molecular weight is 1160 g/mol. The smallest absolute Gasteiger partial charge is 0.252 e. The van der Waals surface area contributed by atoms with Crippen molar-refractivity contribution in [3.63, 3.8) is 0 Å². The molecule has 3 heteroatoms. The summed E-state index contributed by atoms with van der Waals surface area (Å²) in [5.41, 5.74) is 23.2. The van der Waals surface area contributed by atoms with Gasteiger partial charge in [0.15, 0.2) is 0 Å². The third kappa shape index (κ3) is 10.4. The summed E-state index contributed by atoms with van der Waals surface area (Å²) < 4.78 is 60.9. The molecule has 89 heavy (non-hydrogen) atoms. The molecule has 0 radical (unpaired) electrons. The highest BCUT2D eigenvalue weighted by atomic mass is 15.2. The fourth-order valence-corrected chi connectivity index (χ4v) is 13.5. The summed E-state index contributed by atoms with van der Waals surface area (Å²) in [6.07, 6.45) is 0. The Balaban J connectivity index is 1.23. The molecule has 2 nitrogen and oxygen atoms in total. The van der Waals surface area contributed by atoms with Gasteiger partial charge in [0, 0.05) is 45.0 Å². The van der Waals surface area contributed by atoms with Crippen molar-refractivity contribution in [3.8, 4) is 77.9 Å². The van der Waals surface area contributed by atoms with Crippen LogP contribution in [-0.2, 0) is 10.8 Å². The summed E-state index contributed by atoms with van der Waals surface area (Å²) in [5.74, 6) is 0.362. The molecule has 2 aliphatic heterocycles. The van der Waals surface area contributed by atoms with Gasteiger partial charge in [0.05, 0.1) is 19.6 Å². The zero-order valence-electron chi connectivity index (χ0n) is 58.6. The molecule has 0 spiro atoms. The highest BCUT2D eigenvalue weighted by Gasteiger charge is 2.46. The highest BCUT2D eigenvalue weighted by Crippen LogP contribution is 2.55. The second-order valence-corrected chi connectivity index (χ2v) is 26.8. The summed E-state index contributed by atoms with van der Waals surface area (Å²) in [6, 6.07) is 82.2. The molecule has 14 rings (SSSR count). The predicted octanol–water partition coefficient (Wildman–Crippen LogP) is 22.3. The van der Waals surface area contributed by atoms with Gasteiger partial charge in [0.1, 0.15) is 0 Å². The van der Waals surface area contributed by atoms with Crippen molar-refractivity contribution in [2.45, 2.75) is 91.9 Å². The molecule has 0 fully saturated rings. The van der Waals surface area contributed by atoms with Crippen LogP contribution in [0.5, 0.6) is 0 Å². The summed E-state index contributed by atoms with van der Waals surface area (Å²) in [7, 11) is 0. The Kier molecular flexibility index (Phi) is 12.9. The Morgan fingerprint density at radius 2 is 0.697 bits per heavy atom. The van der Waals surface area contributed by atoms with Crippen molar-refractivity contribution in [2.24, 2.45) is 0 Å². The molecule has 0 N–H and O–H groups in total. The van der Waals surface area contributed by atoms with Crippen LogP contribution in [0.15, 0.2) is 273 Å². The molecule has 0 atom stereocenters. The van der Waals surface area contributed by atoms with Gasteiger partial charge in [-0.2, -0.15) is 0 Å². The van der Waals surface area contributed by atoms with Crippen LogP contribution in [0.25, 0.3) is 77.9 Å². The number of hydrogen-bond acceptors (Lipinski definition) is 2. The van der Waals surface area contributed by atoms with Crippen molar-refractivity contribution >= 4 is 57.2 Å². The van der Waals surface area contributed by atoms with E-state index in [-0.39, 0.29) is 58.9 Å². The van der Waals surface area contributed by atoms with Crippen LogP contribution in [-0.4, -0.2) is 6.71 Å². The van der Waals surface area contributed by atoms with Gasteiger partial charge in [0.25, 0.3) is 6.71 Å². The monoisotopic (exact) mass is 1150 g/mol. The average Bonchev–Trinajstić information content (AvgIpc) is 0.684. The second kappa shape index (κ2) is 22.8. The Labute approximate surface area is 537 Å². The number of benzene rings is 12. The molecule has 0 saturated carbocycles. The van der Waals surface area contributed by atoms with Crippen LogP contribution in [0, 0.1) is 0 Å². The minimum Gasteiger partial charge on any atom is -0.310 e. The lowest BCUT2D eigenvalue weighted by Crippen LogP contribution is -2.61. The zero-order valence-corrected chi connectivity index (χ0v) is 52.6. The number of para-hydroxylation sites is 2. The molecule has 0 saturated heterocycles. The quantitative estimate of drug-likeness (QED) is 0.119. The maximum atomic E-state index is 10.3. The first-order valence-electron chi connectivity index (χ1n) is 34.5. The Morgan fingerprint density at radius 1 is 0.326 bits per heavy atom. The van der Waals surface area contributed by atoms with Crippen LogP contribution in [0.3, 0.4) is 0 Å². The normalized spacial score (nSPS) is 13.7. The Hall–Kier alpha value is -9.70. The number of fused-ring (bicyclic) bond motifs is 4. The third-order valence-electron chi connectivity index (χ3n) is 18.2. The number of anilines is 6. The molecule has 0 unspecified atom stereocenters. The topological polar surface area (TPSA) is 6.48 Å². The van der Waals surface area contributed by atoms with Gasteiger partial charge in [-0.15, -0.1) is 0 Å². The van der Waals surface area contributed by atoms with E-state index in [1.165, 1.54) is 22.3 Å². The number of rotatable bonds is 11. The third-order valence-corrected chi connectivity index (χ3v) is 18.2. The van der Waals surface area contributed by atoms with E-state index in [0.29, 0.717) is 33.6 Å². The van der Waals surface area contributed by atoms with E-state index in [0.717, 1.165) is 94.8 Å². The van der Waals surface area contributed by atoms with Crippen LogP contribution in [0.2, 0.25) is 0 Å². The van der Waals surface area contributed by atoms with Crippen LogP contribution in [0.1, 0.15) is 112 Å². The first kappa shape index (κ1) is 50.3. The van der Waals surface area contributed by atoms with E-state index >= 15 is 0 Å². The SMILES string of the molecule is [2H]c1c([2H])c(-c2ccccc2)c(N2c3cc(-c4ccccc4)ccc3B3c4ccc(-c5cc(C(C)(C)C)cc(C(C)(C)C)c5)cc4N(c4c(-c5ccccc5)c([2H])c([2H])c([2H])c4-c4ccccc4)c4cc(-c5ccc(C(C)C)cc5C(C)C)cc2c43)c(-c2ccccc2)c1[2H]. The van der Waals surface area contributed by atoms with Gasteiger partial charge in [-0.05, 0) is 141 Å². The second-order valence-electron chi connectivity index (χ2n) is 26.8. The van der Waals surface area contributed by atoms with Gasteiger partial charge >= 0.3 is 0 Å². The largest absolute Gasteiger partial charge is 0.310 e. The first-order chi connectivity index (χ1) is 45.6. The molecule has 434 valence electrons. The fourth-order valence-electron chi connectivity index (χ4n) is 13.5. The zero-order chi connectivity index (χ0) is 66.5. The van der Waals surface area contributed by atoms with Crippen LogP contribution < -0.4 is 26.2 Å². The van der Waals surface area contributed by atoms with Crippen LogP contribution in [0.4, 0.5) is 34.1 Å². The number of hydrogen-bond donors (Lipinski definition) is 0. The van der Waals surface area contributed by atoms with Crippen molar-refractivity contribution in [3.05, 3.63) is 295 Å². The lowest BCUT2D eigenvalue weighted by Gasteiger charge is -2.46. The van der Waals surface area contributed by atoms with Crippen LogP contribution >= 0.6 is 0 Å². The van der Waals surface area contributed by atoms with E-state index < -0.39 is 6.71 Å². The van der Waals surface area contributed by atoms with Crippen molar-refractivity contribution in [1.29, 1.82) is 0 Å². The highest BCUT2D eigenvalue weighted by molar-refractivity contribution is 7.00. The van der Waals surface area contributed by atoms with Gasteiger partial charge in [-0.25, -0.2) is 0 Å². The number of nitrogens with zero attached hydrogens (tertiary/aromatic N) is 2. The Bertz CT molecular complexity index is 4810. The maximum absolute atomic E-state index is 10.3. The molecule has 0 bridgehead atoms. The molecule has 12 aromatic rings. The van der Waals surface area contributed by atoms with E-state index in [2.05, 4.69) is 188 Å². The van der Waals surface area contributed by atoms with Gasteiger partial charge < -0.3 is 9.80 Å². The van der Waals surface area contributed by atoms with Gasteiger partial charge in [0.2, 0.25) is 0 Å². The van der Waals surface area contributed by atoms with E-state index in [1.807, 2.05) is 127 Å². The lowest BCUT2D eigenvalue weighted by molar-refractivity contribution is 0.569. The molecule has 0 amide bonds. The molecular formula is C86H77BN2. The summed E-state index contributed by atoms with van der Waals surface area (Å²) >= 11 is 0. The maximum Gasteiger partial charge on any atom is 0.252 e. The fraction of sp³-hybridized carbons (Fsp3) is 0.163. The van der Waals surface area contributed by atoms with Gasteiger partial charge in [-0.3, -0.25) is 0 Å². The van der Waals surface area contributed by atoms with Crippen molar-refractivity contribution in [2.75, 3.05) is 9.80 Å². The predicted molar refractivity (Wildman–Crippen MR) is 384 cm³/mol. The summed E-state index contributed by atoms with van der Waals surface area (Å²) in [6.45, 7) is 22.2. The van der Waals surface area contributed by atoms with E-state index in [1.54, 1.807) is 0 Å². The van der Waals surface area contributed by atoms with Crippen molar-refractivity contribution < 1.29 is 8.22 Å². The molecular weight excluding hydrogens is 1070 g/mol. The molecule has 2 aliphatic rings. The van der Waals surface area contributed by atoms with Crippen molar-refractivity contribution in [1.82, 2.24) is 0 Å². The van der Waals surface area contributed by atoms with E-state index in [4.69, 9.17) is 0 Å². The lowest BCUT2D eigenvalue weighted by atomic mass is 9.33. The van der Waals surface area contributed by atoms with Gasteiger partial charge in [-0.1, -0.05) is 318 Å².